The molecule has 64 heavy (non-hydrogen) atoms. The van der Waals surface area contributed by atoms with Gasteiger partial charge in [-0.2, -0.15) is 4.90 Å². The van der Waals surface area contributed by atoms with Gasteiger partial charge in [0.05, 0.1) is 44.8 Å². The molecule has 2 amide bonds. The van der Waals surface area contributed by atoms with Gasteiger partial charge in [-0.1, -0.05) is 45.5 Å². The van der Waals surface area contributed by atoms with E-state index in [-0.39, 0.29) is 42.4 Å². The van der Waals surface area contributed by atoms with Crippen LogP contribution in [0.2, 0.25) is 0 Å². The van der Waals surface area contributed by atoms with E-state index < -0.39 is 51.9 Å². The largest absolute Gasteiger partial charge is 0.443 e. The summed E-state index contributed by atoms with van der Waals surface area (Å²) >= 11 is 6.13. The predicted octanol–water partition coefficient (Wildman–Crippen LogP) is 9.45. The van der Waals surface area contributed by atoms with Gasteiger partial charge in [0, 0.05) is 64.9 Å². The van der Waals surface area contributed by atoms with Crippen LogP contribution in [0.15, 0.2) is 69.3 Å². The second-order valence-corrected chi connectivity index (χ2v) is 20.9. The number of hydrogen-bond acceptors (Lipinski definition) is 14. The third-order valence-corrected chi connectivity index (χ3v) is 13.5. The highest BCUT2D eigenvalue weighted by atomic mass is 79.9. The van der Waals surface area contributed by atoms with Crippen LogP contribution in [0.4, 0.5) is 22.8 Å². The molecule has 2 aromatic carbocycles. The van der Waals surface area contributed by atoms with E-state index in [9.17, 15) is 14.0 Å². The van der Waals surface area contributed by atoms with Gasteiger partial charge in [-0.05, 0) is 96.3 Å². The molecule has 2 fully saturated rings. The van der Waals surface area contributed by atoms with E-state index >= 15 is 8.78 Å². The molecule has 7 rings (SSSR count). The summed E-state index contributed by atoms with van der Waals surface area (Å²) in [6.45, 7) is 11.3. The number of halogens is 4. The summed E-state index contributed by atoms with van der Waals surface area (Å²) in [7, 11) is 3.23. The number of benzene rings is 2. The van der Waals surface area contributed by atoms with Crippen LogP contribution in [0.25, 0.3) is 11.1 Å². The fraction of sp³-hybridized carbons (Fsp3) is 0.533. The van der Waals surface area contributed by atoms with Crippen molar-refractivity contribution in [2.24, 2.45) is 27.6 Å². The molecule has 0 radical (unpaired) electrons. The minimum Gasteiger partial charge on any atom is -0.443 e. The van der Waals surface area contributed by atoms with Crippen molar-refractivity contribution in [2.45, 2.75) is 88.9 Å². The van der Waals surface area contributed by atoms with Crippen molar-refractivity contribution in [2.75, 3.05) is 52.2 Å². The smallest absolute Gasteiger partial charge is 0.426 e. The number of hydrogen-bond donors (Lipinski definition) is 1. The fourth-order valence-corrected chi connectivity index (χ4v) is 10.7. The Labute approximate surface area is 388 Å². The van der Waals surface area contributed by atoms with Crippen LogP contribution >= 0.6 is 39.5 Å². The number of amidine groups is 2. The van der Waals surface area contributed by atoms with Gasteiger partial charge in [0.25, 0.3) is 0 Å². The summed E-state index contributed by atoms with van der Waals surface area (Å²) in [5.41, 5.74) is 3.83. The lowest BCUT2D eigenvalue weighted by atomic mass is 9.74. The Balaban J connectivity index is 0.000000219. The molecule has 19 heteroatoms. The molecule has 1 aromatic heterocycles. The number of rotatable bonds is 7. The summed E-state index contributed by atoms with van der Waals surface area (Å²) in [6.07, 6.45) is 1.84. The summed E-state index contributed by atoms with van der Waals surface area (Å²) in [4.78, 5) is 40.6. The molecule has 2 N–H and O–H groups in total. The first-order chi connectivity index (χ1) is 30.2. The maximum Gasteiger partial charge on any atom is 0.426 e. The summed E-state index contributed by atoms with van der Waals surface area (Å²) < 4.78 is 78.8. The first-order valence-electron chi connectivity index (χ1n) is 20.7. The molecule has 13 nitrogen and oxygen atoms in total. The molecular formula is C45H55BrF3N5O8S2. The Morgan fingerprint density at radius 2 is 1.33 bits per heavy atom. The molecule has 0 unspecified atom stereocenters. The monoisotopic (exact) mass is 993 g/mol. The van der Waals surface area contributed by atoms with Gasteiger partial charge in [-0.15, -0.1) is 0 Å². The number of thioether (sulfide) groups is 2. The highest BCUT2D eigenvalue weighted by Crippen LogP contribution is 2.49. The van der Waals surface area contributed by atoms with Crippen LogP contribution < -0.4 is 5.73 Å². The minimum atomic E-state index is -1.17. The van der Waals surface area contributed by atoms with Crippen molar-refractivity contribution in [3.63, 3.8) is 0 Å². The molecule has 348 valence electrons. The van der Waals surface area contributed by atoms with E-state index in [0.717, 1.165) is 11.1 Å². The van der Waals surface area contributed by atoms with Crippen molar-refractivity contribution < 1.29 is 51.2 Å². The molecule has 2 saturated heterocycles. The van der Waals surface area contributed by atoms with Gasteiger partial charge in [0.15, 0.2) is 10.3 Å². The van der Waals surface area contributed by atoms with E-state index in [1.54, 1.807) is 86.1 Å². The third-order valence-electron chi connectivity index (χ3n) is 10.9. The third kappa shape index (κ3) is 11.4. The van der Waals surface area contributed by atoms with Crippen molar-refractivity contribution in [3.8, 4) is 11.1 Å². The number of nitrogens with two attached hydrogens (primary N) is 1. The highest BCUT2D eigenvalue weighted by molar-refractivity contribution is 9.10. The molecule has 6 atom stereocenters. The first-order valence-corrected chi connectivity index (χ1v) is 23.5. The average molecular weight is 995 g/mol. The van der Waals surface area contributed by atoms with Gasteiger partial charge in [-0.25, -0.2) is 32.7 Å². The van der Waals surface area contributed by atoms with Gasteiger partial charge in [0.1, 0.15) is 39.7 Å². The Hall–Kier alpha value is -3.72. The van der Waals surface area contributed by atoms with E-state index in [4.69, 9.17) is 39.1 Å². The summed E-state index contributed by atoms with van der Waals surface area (Å²) in [5, 5.41) is 0.479. The van der Waals surface area contributed by atoms with Crippen molar-refractivity contribution >= 4 is 62.0 Å². The molecule has 4 aliphatic heterocycles. The molecule has 4 aliphatic rings. The van der Waals surface area contributed by atoms with Crippen LogP contribution in [0.5, 0.6) is 0 Å². The van der Waals surface area contributed by atoms with Crippen LogP contribution in [0, 0.1) is 29.3 Å². The van der Waals surface area contributed by atoms with Crippen LogP contribution in [0.3, 0.4) is 0 Å². The molecule has 0 bridgehead atoms. The second kappa shape index (κ2) is 20.4. The number of carbonyl (C=O) groups is 2. The second-order valence-electron chi connectivity index (χ2n) is 17.9. The quantitative estimate of drug-likeness (QED) is 0.240. The van der Waals surface area contributed by atoms with E-state index in [0.29, 0.717) is 69.5 Å². The maximum atomic E-state index is 15.3. The van der Waals surface area contributed by atoms with Gasteiger partial charge in [0.2, 0.25) is 0 Å². The topological polar surface area (TPSA) is 156 Å². The first kappa shape index (κ1) is 49.7. The molecule has 0 aliphatic carbocycles. The van der Waals surface area contributed by atoms with E-state index in [1.807, 2.05) is 0 Å². The lowest BCUT2D eigenvalue weighted by Crippen LogP contribution is -2.54. The number of carbonyl (C=O) groups excluding carboxylic acids is 2. The number of aromatic nitrogens is 1. The Morgan fingerprint density at radius 1 is 0.797 bits per heavy atom. The van der Waals surface area contributed by atoms with Gasteiger partial charge >= 0.3 is 12.2 Å². The van der Waals surface area contributed by atoms with Crippen molar-refractivity contribution in [1.82, 2.24) is 9.88 Å². The number of aliphatic imine (C=N–C) groups is 2. The standard InChI is InChI=1S/C25H34BrFN2O6S.C20H21F2N3O2S/c1-23(2,3)34-21(30)29(22(31)35-24(4,5)6)20-28-25(18-11-16(26)8-9-19(18)27)14-33-17(12-32-7)10-15(25)13-36-20;1-26-9-14-7-13-10-28-19(23)25-20(13,11-27-14)16-6-12(2-3-17(16)21)15-4-5-24-8-18(15)22/h8-9,11,15,17H,10,12-14H2,1-7H3;2-6,8,13-14H,7,9-11H2,1H3,(H2,23,25)/t15-,17+,25-;13-,14+,20-/m00/s1. The van der Waals surface area contributed by atoms with Crippen molar-refractivity contribution in [3.05, 3.63) is 87.9 Å². The van der Waals surface area contributed by atoms with Gasteiger partial charge in [-0.3, -0.25) is 4.98 Å². The lowest BCUT2D eigenvalue weighted by Gasteiger charge is -2.47. The molecule has 0 saturated carbocycles. The number of fused-ring (bicyclic) bond motifs is 2. The molecule has 0 spiro atoms. The number of amides is 2. The van der Waals surface area contributed by atoms with Crippen LogP contribution in [-0.4, -0.2) is 108 Å². The zero-order chi connectivity index (χ0) is 46.6. The van der Waals surface area contributed by atoms with E-state index in [2.05, 4.69) is 25.9 Å². The molecule has 3 aromatic rings. The number of ether oxygens (including phenoxy) is 6. The van der Waals surface area contributed by atoms with Crippen LogP contribution in [-0.2, 0) is 39.5 Å². The van der Waals surface area contributed by atoms with Crippen LogP contribution in [0.1, 0.15) is 65.5 Å². The molecule has 5 heterocycles. The molecular weight excluding hydrogens is 940 g/mol. The Morgan fingerprint density at radius 3 is 1.88 bits per heavy atom. The highest BCUT2D eigenvalue weighted by Gasteiger charge is 2.52. The number of nitrogens with zero attached hydrogens (tertiary/aromatic N) is 4. The zero-order valence-electron chi connectivity index (χ0n) is 37.1. The normalized spacial score (nSPS) is 25.6. The summed E-state index contributed by atoms with van der Waals surface area (Å²) in [5.74, 6) is -0.235. The van der Waals surface area contributed by atoms with E-state index in [1.165, 1.54) is 41.9 Å². The van der Waals surface area contributed by atoms with Crippen molar-refractivity contribution in [1.29, 1.82) is 0 Å². The minimum absolute atomic E-state index is 0.0331. The number of pyridine rings is 1. The number of methoxy groups -OCH3 is 2. The fourth-order valence-electron chi connectivity index (χ4n) is 8.08. The summed E-state index contributed by atoms with van der Waals surface area (Å²) in [6, 6.07) is 10.8. The predicted molar refractivity (Wildman–Crippen MR) is 245 cm³/mol. The van der Waals surface area contributed by atoms with Gasteiger partial charge < -0.3 is 34.2 Å². The zero-order valence-corrected chi connectivity index (χ0v) is 40.3. The Bertz CT molecular complexity index is 2220. The SMILES string of the molecule is COC[C@H]1C[C@H]2CSC(N(C(=O)OC(C)(C)C)C(=O)OC(C)(C)C)=N[C@@]2(c2cc(Br)ccc2F)CO1.COC[C@H]1C[C@H]2CSC(N)=N[C@@]2(c2cc(-c3ccncc3F)ccc2F)CO1. The average Bonchev–Trinajstić information content (AvgIpc) is 3.21. The number of imide groups is 1. The maximum absolute atomic E-state index is 15.3. The lowest BCUT2D eigenvalue weighted by molar-refractivity contribution is -0.0840. The Kier molecular flexibility index (Phi) is 15.9.